The summed E-state index contributed by atoms with van der Waals surface area (Å²) < 4.78 is 0. The molecule has 2 nitrogen and oxygen atoms in total. The number of aromatic amines is 1. The van der Waals surface area contributed by atoms with Crippen LogP contribution in [-0.2, 0) is 5.88 Å². The lowest BCUT2D eigenvalue weighted by molar-refractivity contribution is 1.19. The topological polar surface area (TPSA) is 32.9 Å². The SMILES string of the molecule is Cc1cccc2c(=O)cc(CCl)[nH]c12. The van der Waals surface area contributed by atoms with Crippen LogP contribution in [-0.4, -0.2) is 4.98 Å². The van der Waals surface area contributed by atoms with Crippen molar-refractivity contribution in [1.82, 2.24) is 4.98 Å². The van der Waals surface area contributed by atoms with Gasteiger partial charge in [-0.1, -0.05) is 12.1 Å². The maximum absolute atomic E-state index is 11.6. The van der Waals surface area contributed by atoms with E-state index < -0.39 is 0 Å². The molecule has 0 amide bonds. The Balaban J connectivity index is 2.91. The van der Waals surface area contributed by atoms with Gasteiger partial charge in [0.1, 0.15) is 0 Å². The predicted molar refractivity (Wildman–Crippen MR) is 58.9 cm³/mol. The van der Waals surface area contributed by atoms with Crippen LogP contribution in [0, 0.1) is 6.92 Å². The normalized spacial score (nSPS) is 10.7. The Labute approximate surface area is 86.5 Å². The van der Waals surface area contributed by atoms with Crippen LogP contribution in [0.1, 0.15) is 11.3 Å². The van der Waals surface area contributed by atoms with Crippen LogP contribution in [0.25, 0.3) is 10.9 Å². The van der Waals surface area contributed by atoms with E-state index in [0.29, 0.717) is 5.88 Å². The van der Waals surface area contributed by atoms with E-state index in [9.17, 15) is 4.79 Å². The number of hydrogen-bond acceptors (Lipinski definition) is 1. The van der Waals surface area contributed by atoms with Gasteiger partial charge in [0.2, 0.25) is 0 Å². The summed E-state index contributed by atoms with van der Waals surface area (Å²) in [6.07, 6.45) is 0. The summed E-state index contributed by atoms with van der Waals surface area (Å²) in [5, 5.41) is 0.721. The number of benzene rings is 1. The van der Waals surface area contributed by atoms with Crippen LogP contribution >= 0.6 is 11.6 Å². The molecule has 14 heavy (non-hydrogen) atoms. The summed E-state index contributed by atoms with van der Waals surface area (Å²) in [5.74, 6) is 0.333. The highest BCUT2D eigenvalue weighted by Crippen LogP contribution is 2.13. The van der Waals surface area contributed by atoms with E-state index in [4.69, 9.17) is 11.6 Å². The minimum atomic E-state index is 0.0260. The number of fused-ring (bicyclic) bond motifs is 1. The Morgan fingerprint density at radius 2 is 2.21 bits per heavy atom. The van der Waals surface area contributed by atoms with Gasteiger partial charge in [0, 0.05) is 17.1 Å². The summed E-state index contributed by atoms with van der Waals surface area (Å²) in [7, 11) is 0. The van der Waals surface area contributed by atoms with E-state index in [0.717, 1.165) is 22.2 Å². The van der Waals surface area contributed by atoms with Crippen LogP contribution in [0.5, 0.6) is 0 Å². The number of hydrogen-bond donors (Lipinski definition) is 1. The third-order valence-electron chi connectivity index (χ3n) is 2.27. The van der Waals surface area contributed by atoms with Crippen molar-refractivity contribution < 1.29 is 0 Å². The summed E-state index contributed by atoms with van der Waals surface area (Å²) in [4.78, 5) is 14.8. The molecule has 3 heteroatoms. The molecule has 0 saturated carbocycles. The average molecular weight is 208 g/mol. The first-order valence-corrected chi connectivity index (χ1v) is 4.93. The van der Waals surface area contributed by atoms with Gasteiger partial charge in [0.15, 0.2) is 5.43 Å². The van der Waals surface area contributed by atoms with Gasteiger partial charge in [-0.2, -0.15) is 0 Å². The third kappa shape index (κ3) is 1.42. The second kappa shape index (κ2) is 3.46. The number of pyridine rings is 1. The predicted octanol–water partition coefficient (Wildman–Crippen LogP) is 2.58. The average Bonchev–Trinajstić information content (AvgIpc) is 2.19. The van der Waals surface area contributed by atoms with Crippen molar-refractivity contribution in [2.45, 2.75) is 12.8 Å². The maximum atomic E-state index is 11.6. The second-order valence-electron chi connectivity index (χ2n) is 3.29. The Morgan fingerprint density at radius 3 is 2.93 bits per heavy atom. The Hall–Kier alpha value is -1.28. The van der Waals surface area contributed by atoms with Crippen molar-refractivity contribution >= 4 is 22.5 Å². The zero-order chi connectivity index (χ0) is 10.1. The fraction of sp³-hybridized carbons (Fsp3) is 0.182. The Kier molecular flexibility index (Phi) is 2.30. The molecule has 0 radical (unpaired) electrons. The van der Waals surface area contributed by atoms with Gasteiger partial charge in [-0.15, -0.1) is 11.6 Å². The molecule has 2 aromatic rings. The smallest absolute Gasteiger partial charge is 0.189 e. The lowest BCUT2D eigenvalue weighted by atomic mass is 10.1. The van der Waals surface area contributed by atoms with Crippen molar-refractivity contribution in [2.75, 3.05) is 0 Å². The van der Waals surface area contributed by atoms with E-state index in [1.807, 2.05) is 25.1 Å². The van der Waals surface area contributed by atoms with Crippen LogP contribution in [0.15, 0.2) is 29.1 Å². The van der Waals surface area contributed by atoms with Gasteiger partial charge >= 0.3 is 0 Å². The minimum Gasteiger partial charge on any atom is -0.357 e. The molecule has 0 saturated heterocycles. The summed E-state index contributed by atoms with van der Waals surface area (Å²) in [6, 6.07) is 7.22. The van der Waals surface area contributed by atoms with E-state index in [-0.39, 0.29) is 5.43 Å². The van der Waals surface area contributed by atoms with Crippen molar-refractivity contribution in [1.29, 1.82) is 0 Å². The highest BCUT2D eigenvalue weighted by Gasteiger charge is 2.02. The van der Waals surface area contributed by atoms with Crippen LogP contribution in [0.4, 0.5) is 0 Å². The molecular weight excluding hydrogens is 198 g/mol. The molecule has 0 bridgehead atoms. The highest BCUT2D eigenvalue weighted by atomic mass is 35.5. The quantitative estimate of drug-likeness (QED) is 0.717. The van der Waals surface area contributed by atoms with Gasteiger partial charge < -0.3 is 4.98 Å². The van der Waals surface area contributed by atoms with Crippen molar-refractivity contribution in [3.63, 3.8) is 0 Å². The molecule has 2 rings (SSSR count). The fourth-order valence-electron chi connectivity index (χ4n) is 1.54. The molecule has 72 valence electrons. The number of para-hydroxylation sites is 1. The molecule has 0 fully saturated rings. The zero-order valence-electron chi connectivity index (χ0n) is 7.80. The van der Waals surface area contributed by atoms with E-state index in [1.165, 1.54) is 0 Å². The molecule has 0 aliphatic rings. The monoisotopic (exact) mass is 207 g/mol. The van der Waals surface area contributed by atoms with Gasteiger partial charge in [0.05, 0.1) is 11.4 Å². The standard InChI is InChI=1S/C11H10ClNO/c1-7-3-2-4-9-10(14)5-8(6-12)13-11(7)9/h2-5H,6H2,1H3,(H,13,14). The summed E-state index contributed by atoms with van der Waals surface area (Å²) in [5.41, 5.74) is 2.73. The summed E-state index contributed by atoms with van der Waals surface area (Å²) in [6.45, 7) is 1.97. The first kappa shape index (κ1) is 9.28. The van der Waals surface area contributed by atoms with E-state index >= 15 is 0 Å². The molecule has 1 aromatic carbocycles. The Morgan fingerprint density at radius 1 is 1.43 bits per heavy atom. The first-order chi connectivity index (χ1) is 6.72. The van der Waals surface area contributed by atoms with Gasteiger partial charge in [-0.3, -0.25) is 4.79 Å². The maximum Gasteiger partial charge on any atom is 0.189 e. The number of aryl methyl sites for hydroxylation is 1. The molecule has 1 aromatic heterocycles. The van der Waals surface area contributed by atoms with Crippen molar-refractivity contribution in [3.05, 3.63) is 45.7 Å². The molecule has 0 atom stereocenters. The number of nitrogens with one attached hydrogen (secondary N) is 1. The molecule has 0 aliphatic heterocycles. The second-order valence-corrected chi connectivity index (χ2v) is 3.56. The lowest BCUT2D eigenvalue weighted by Gasteiger charge is -2.03. The number of H-pyrrole nitrogens is 1. The minimum absolute atomic E-state index is 0.0260. The highest BCUT2D eigenvalue weighted by molar-refractivity contribution is 6.16. The van der Waals surface area contributed by atoms with Crippen LogP contribution in [0.2, 0.25) is 0 Å². The van der Waals surface area contributed by atoms with Crippen molar-refractivity contribution in [2.24, 2.45) is 0 Å². The molecule has 1 heterocycles. The number of aromatic nitrogens is 1. The summed E-state index contributed by atoms with van der Waals surface area (Å²) >= 11 is 5.68. The first-order valence-electron chi connectivity index (χ1n) is 4.40. The molecular formula is C11H10ClNO. The van der Waals surface area contributed by atoms with Crippen molar-refractivity contribution in [3.8, 4) is 0 Å². The molecule has 0 spiro atoms. The number of alkyl halides is 1. The van der Waals surface area contributed by atoms with E-state index in [2.05, 4.69) is 4.98 Å². The van der Waals surface area contributed by atoms with E-state index in [1.54, 1.807) is 6.07 Å². The Bertz CT molecular complexity index is 530. The molecule has 0 unspecified atom stereocenters. The number of rotatable bonds is 1. The lowest BCUT2D eigenvalue weighted by Crippen LogP contribution is -2.04. The fourth-order valence-corrected chi connectivity index (χ4v) is 1.69. The van der Waals surface area contributed by atoms with Crippen LogP contribution < -0.4 is 5.43 Å². The zero-order valence-corrected chi connectivity index (χ0v) is 8.56. The third-order valence-corrected chi connectivity index (χ3v) is 2.56. The molecule has 1 N–H and O–H groups in total. The number of halogens is 1. The van der Waals surface area contributed by atoms with Crippen LogP contribution in [0.3, 0.4) is 0 Å². The van der Waals surface area contributed by atoms with Gasteiger partial charge in [-0.25, -0.2) is 0 Å². The van der Waals surface area contributed by atoms with Gasteiger partial charge in [0.25, 0.3) is 0 Å². The van der Waals surface area contributed by atoms with Gasteiger partial charge in [-0.05, 0) is 18.6 Å². The molecule has 0 aliphatic carbocycles. The largest absolute Gasteiger partial charge is 0.357 e.